The zero-order chi connectivity index (χ0) is 12.6. The number of hydrogen-bond donors (Lipinski definition) is 1. The van der Waals surface area contributed by atoms with Crippen LogP contribution in [0, 0.1) is 11.8 Å². The fraction of sp³-hybridized carbons (Fsp3) is 0.909. The Bertz CT molecular complexity index is 402. The van der Waals surface area contributed by atoms with E-state index in [0.717, 1.165) is 12.8 Å². The van der Waals surface area contributed by atoms with E-state index in [1.807, 2.05) is 0 Å². The van der Waals surface area contributed by atoms with Gasteiger partial charge >= 0.3 is 5.97 Å². The van der Waals surface area contributed by atoms with Crippen molar-refractivity contribution < 1.29 is 18.3 Å². The van der Waals surface area contributed by atoms with Crippen LogP contribution in [0.2, 0.25) is 0 Å². The number of carboxylic acids is 1. The molecule has 0 radical (unpaired) electrons. The van der Waals surface area contributed by atoms with Gasteiger partial charge in [-0.25, -0.2) is 12.7 Å². The molecular formula is C11H19NO4S. The van der Waals surface area contributed by atoms with Gasteiger partial charge in [-0.2, -0.15) is 0 Å². The van der Waals surface area contributed by atoms with Gasteiger partial charge in [-0.05, 0) is 31.6 Å². The zero-order valence-corrected chi connectivity index (χ0v) is 10.8. The number of aliphatic carboxylic acids is 1. The molecule has 2 saturated carbocycles. The Kier molecular flexibility index (Phi) is 3.45. The van der Waals surface area contributed by atoms with E-state index in [2.05, 4.69) is 0 Å². The molecule has 0 spiro atoms. The molecule has 98 valence electrons. The van der Waals surface area contributed by atoms with Gasteiger partial charge in [-0.1, -0.05) is 6.42 Å². The second-order valence-electron chi connectivity index (χ2n) is 5.18. The predicted molar refractivity (Wildman–Crippen MR) is 63.0 cm³/mol. The van der Waals surface area contributed by atoms with Crippen molar-refractivity contribution in [3.05, 3.63) is 0 Å². The maximum atomic E-state index is 12.3. The quantitative estimate of drug-likeness (QED) is 0.798. The number of carboxylic acid groups (broad SMARTS) is 1. The SMILES string of the molecule is CN(CC1CC1)S(=O)(=O)C1CCCC1C(=O)O. The minimum atomic E-state index is -3.44. The zero-order valence-electron chi connectivity index (χ0n) is 10.0. The largest absolute Gasteiger partial charge is 0.481 e. The summed E-state index contributed by atoms with van der Waals surface area (Å²) < 4.78 is 25.9. The Hall–Kier alpha value is -0.620. The Morgan fingerprint density at radius 1 is 1.29 bits per heavy atom. The van der Waals surface area contributed by atoms with Crippen LogP contribution >= 0.6 is 0 Å². The number of sulfonamides is 1. The van der Waals surface area contributed by atoms with E-state index in [-0.39, 0.29) is 0 Å². The summed E-state index contributed by atoms with van der Waals surface area (Å²) >= 11 is 0. The highest BCUT2D eigenvalue weighted by atomic mass is 32.2. The van der Waals surface area contributed by atoms with Crippen molar-refractivity contribution in [2.45, 2.75) is 37.4 Å². The van der Waals surface area contributed by atoms with E-state index >= 15 is 0 Å². The second kappa shape index (κ2) is 4.57. The van der Waals surface area contributed by atoms with E-state index in [0.29, 0.717) is 31.7 Å². The monoisotopic (exact) mass is 261 g/mol. The predicted octanol–water partition coefficient (Wildman–Crippen LogP) is 0.911. The Morgan fingerprint density at radius 2 is 1.94 bits per heavy atom. The topological polar surface area (TPSA) is 74.7 Å². The van der Waals surface area contributed by atoms with Crippen molar-refractivity contribution in [2.24, 2.45) is 11.8 Å². The highest BCUT2D eigenvalue weighted by molar-refractivity contribution is 7.89. The molecule has 2 unspecified atom stereocenters. The molecular weight excluding hydrogens is 242 g/mol. The lowest BCUT2D eigenvalue weighted by atomic mass is 10.1. The lowest BCUT2D eigenvalue weighted by molar-refractivity contribution is -0.141. The summed E-state index contributed by atoms with van der Waals surface area (Å²) in [7, 11) is -1.86. The molecule has 2 aliphatic rings. The van der Waals surface area contributed by atoms with Crippen LogP contribution in [0.3, 0.4) is 0 Å². The summed E-state index contributed by atoms with van der Waals surface area (Å²) in [4.78, 5) is 11.0. The van der Waals surface area contributed by atoms with Crippen LogP contribution in [0.4, 0.5) is 0 Å². The van der Waals surface area contributed by atoms with Gasteiger partial charge in [0.05, 0.1) is 11.2 Å². The van der Waals surface area contributed by atoms with Crippen LogP contribution < -0.4 is 0 Å². The Labute approximate surface area is 102 Å². The normalized spacial score (nSPS) is 29.8. The van der Waals surface area contributed by atoms with Crippen molar-refractivity contribution >= 4 is 16.0 Å². The standard InChI is InChI=1S/C11H19NO4S/c1-12(7-8-5-6-8)17(15,16)10-4-2-3-9(10)11(13)14/h8-10H,2-7H2,1H3,(H,13,14). The van der Waals surface area contributed by atoms with Crippen LogP contribution in [0.5, 0.6) is 0 Å². The molecule has 1 N–H and O–H groups in total. The molecule has 0 saturated heterocycles. The van der Waals surface area contributed by atoms with E-state index in [4.69, 9.17) is 5.11 Å². The third kappa shape index (κ3) is 2.63. The van der Waals surface area contributed by atoms with Crippen molar-refractivity contribution in [1.29, 1.82) is 0 Å². The molecule has 17 heavy (non-hydrogen) atoms. The van der Waals surface area contributed by atoms with Crippen molar-refractivity contribution in [3.8, 4) is 0 Å². The minimum Gasteiger partial charge on any atom is -0.481 e. The highest BCUT2D eigenvalue weighted by Gasteiger charge is 2.44. The van der Waals surface area contributed by atoms with Crippen molar-refractivity contribution in [2.75, 3.05) is 13.6 Å². The summed E-state index contributed by atoms with van der Waals surface area (Å²) in [6, 6.07) is 0. The maximum absolute atomic E-state index is 12.3. The summed E-state index contributed by atoms with van der Waals surface area (Å²) in [5, 5.41) is 8.32. The number of carbonyl (C=O) groups is 1. The van der Waals surface area contributed by atoms with Gasteiger partial charge in [0.2, 0.25) is 10.0 Å². The Morgan fingerprint density at radius 3 is 2.47 bits per heavy atom. The lowest BCUT2D eigenvalue weighted by Gasteiger charge is -2.24. The molecule has 6 heteroatoms. The molecule has 0 amide bonds. The number of nitrogens with zero attached hydrogens (tertiary/aromatic N) is 1. The van der Waals surface area contributed by atoms with E-state index in [1.54, 1.807) is 7.05 Å². The van der Waals surface area contributed by atoms with Crippen LogP contribution in [0.15, 0.2) is 0 Å². The van der Waals surface area contributed by atoms with Crippen LogP contribution in [0.25, 0.3) is 0 Å². The molecule has 2 fully saturated rings. The molecule has 2 aliphatic carbocycles. The molecule has 5 nitrogen and oxygen atoms in total. The first-order valence-corrected chi connectivity index (χ1v) is 7.61. The molecule has 0 aromatic carbocycles. The van der Waals surface area contributed by atoms with Crippen molar-refractivity contribution in [3.63, 3.8) is 0 Å². The molecule has 0 heterocycles. The second-order valence-corrected chi connectivity index (χ2v) is 7.44. The molecule has 2 rings (SSSR count). The molecule has 2 atom stereocenters. The number of rotatable bonds is 5. The highest BCUT2D eigenvalue weighted by Crippen LogP contribution is 2.35. The Balaban J connectivity index is 2.10. The fourth-order valence-electron chi connectivity index (χ4n) is 2.56. The fourth-order valence-corrected chi connectivity index (χ4v) is 4.58. The molecule has 0 aromatic rings. The molecule has 0 aromatic heterocycles. The van der Waals surface area contributed by atoms with Gasteiger partial charge in [-0.3, -0.25) is 4.79 Å². The summed E-state index contributed by atoms with van der Waals surface area (Å²) in [5.74, 6) is -1.21. The van der Waals surface area contributed by atoms with Gasteiger partial charge in [-0.15, -0.1) is 0 Å². The molecule has 0 bridgehead atoms. The average Bonchev–Trinajstić information content (AvgIpc) is 2.91. The van der Waals surface area contributed by atoms with Crippen LogP contribution in [-0.2, 0) is 14.8 Å². The first-order chi connectivity index (χ1) is 7.93. The first-order valence-electron chi connectivity index (χ1n) is 6.11. The third-order valence-corrected chi connectivity index (χ3v) is 6.15. The van der Waals surface area contributed by atoms with Gasteiger partial charge in [0.15, 0.2) is 0 Å². The average molecular weight is 261 g/mol. The van der Waals surface area contributed by atoms with Gasteiger partial charge < -0.3 is 5.11 Å². The van der Waals surface area contributed by atoms with Gasteiger partial charge in [0.1, 0.15) is 0 Å². The van der Waals surface area contributed by atoms with Gasteiger partial charge in [0, 0.05) is 13.6 Å². The summed E-state index contributed by atoms with van der Waals surface area (Å²) in [5.41, 5.74) is 0. The smallest absolute Gasteiger partial charge is 0.307 e. The van der Waals surface area contributed by atoms with Crippen LogP contribution in [-0.4, -0.2) is 42.6 Å². The van der Waals surface area contributed by atoms with Crippen molar-refractivity contribution in [1.82, 2.24) is 4.31 Å². The first kappa shape index (κ1) is 12.8. The summed E-state index contributed by atoms with van der Waals surface area (Å²) in [6.07, 6.45) is 3.84. The minimum absolute atomic E-state index is 0.480. The molecule has 0 aliphatic heterocycles. The van der Waals surface area contributed by atoms with Gasteiger partial charge in [0.25, 0.3) is 0 Å². The van der Waals surface area contributed by atoms with E-state index < -0.39 is 27.2 Å². The number of hydrogen-bond acceptors (Lipinski definition) is 3. The van der Waals surface area contributed by atoms with E-state index in [1.165, 1.54) is 4.31 Å². The van der Waals surface area contributed by atoms with Crippen LogP contribution in [0.1, 0.15) is 32.1 Å². The maximum Gasteiger partial charge on any atom is 0.307 e. The van der Waals surface area contributed by atoms with E-state index in [9.17, 15) is 13.2 Å². The summed E-state index contributed by atoms with van der Waals surface area (Å²) in [6.45, 7) is 0.547. The lowest BCUT2D eigenvalue weighted by Crippen LogP contribution is -2.41. The third-order valence-electron chi connectivity index (χ3n) is 3.80.